The lowest BCUT2D eigenvalue weighted by molar-refractivity contribution is -0.137. The molecule has 1 saturated carbocycles. The second-order valence-electron chi connectivity index (χ2n) is 6.51. The minimum atomic E-state index is -0.754. The van der Waals surface area contributed by atoms with Gasteiger partial charge in [-0.05, 0) is 39.2 Å². The molecule has 1 aliphatic rings. The number of hydrogen-bond donors (Lipinski definition) is 2. The van der Waals surface area contributed by atoms with E-state index >= 15 is 0 Å². The predicted molar refractivity (Wildman–Crippen MR) is 95.3 cm³/mol. The minimum absolute atomic E-state index is 0.0949. The quantitative estimate of drug-likeness (QED) is 0.642. The van der Waals surface area contributed by atoms with Crippen LogP contribution in [0.5, 0.6) is 0 Å². The van der Waals surface area contributed by atoms with Gasteiger partial charge in [0.25, 0.3) is 5.91 Å². The first-order valence-corrected chi connectivity index (χ1v) is 8.81. The van der Waals surface area contributed by atoms with Crippen LogP contribution in [0.15, 0.2) is 0 Å². The molecule has 2 N–H and O–H groups in total. The van der Waals surface area contributed by atoms with E-state index in [0.717, 1.165) is 12.8 Å². The van der Waals surface area contributed by atoms with Crippen LogP contribution in [0.3, 0.4) is 0 Å². The summed E-state index contributed by atoms with van der Waals surface area (Å²) in [5.74, 6) is -2.02. The summed E-state index contributed by atoms with van der Waals surface area (Å²) in [4.78, 5) is 52.0. The van der Waals surface area contributed by atoms with Crippen LogP contribution in [0.1, 0.15) is 51.9 Å². The fourth-order valence-corrected chi connectivity index (χ4v) is 2.58. The Labute approximate surface area is 157 Å². The third-order valence-electron chi connectivity index (χ3n) is 4.20. The summed E-state index contributed by atoms with van der Waals surface area (Å²) in [5.41, 5.74) is 1.26. The van der Waals surface area contributed by atoms with Gasteiger partial charge in [0, 0.05) is 18.8 Å². The maximum Gasteiger partial charge on any atom is 0.355 e. The molecule has 0 saturated heterocycles. The number of aromatic nitrogens is 1. The molecule has 0 atom stereocenters. The molecular formula is C18H25N3O6. The number of carbonyl (C=O) groups excluding carboxylic acids is 4. The van der Waals surface area contributed by atoms with E-state index in [4.69, 9.17) is 9.47 Å². The van der Waals surface area contributed by atoms with Crippen molar-refractivity contribution in [1.82, 2.24) is 15.2 Å². The van der Waals surface area contributed by atoms with Crippen molar-refractivity contribution in [2.45, 2.75) is 39.7 Å². The second kappa shape index (κ2) is 8.70. The molecule has 0 aliphatic heterocycles. The van der Waals surface area contributed by atoms with Crippen molar-refractivity contribution in [2.75, 3.05) is 26.8 Å². The number of amides is 2. The molecule has 1 aliphatic carbocycles. The summed E-state index contributed by atoms with van der Waals surface area (Å²) in [7, 11) is 1.46. The van der Waals surface area contributed by atoms with Crippen LogP contribution in [0, 0.1) is 13.8 Å². The normalized spacial score (nSPS) is 13.0. The van der Waals surface area contributed by atoms with Crippen molar-refractivity contribution in [3.8, 4) is 0 Å². The highest BCUT2D eigenvalue weighted by Crippen LogP contribution is 2.20. The molecule has 27 heavy (non-hydrogen) atoms. The number of likely N-dealkylation sites (N-methyl/N-ethyl adjacent to an activating group) is 1. The van der Waals surface area contributed by atoms with E-state index in [1.165, 1.54) is 11.9 Å². The lowest BCUT2D eigenvalue weighted by Gasteiger charge is -2.16. The van der Waals surface area contributed by atoms with Gasteiger partial charge in [0.15, 0.2) is 6.61 Å². The average molecular weight is 379 g/mol. The van der Waals surface area contributed by atoms with Gasteiger partial charge in [-0.1, -0.05) is 0 Å². The van der Waals surface area contributed by atoms with Gasteiger partial charge < -0.3 is 24.7 Å². The number of nitrogens with zero attached hydrogens (tertiary/aromatic N) is 1. The fraction of sp³-hybridized carbons (Fsp3) is 0.556. The number of ether oxygens (including phenoxy) is 2. The maximum atomic E-state index is 12.3. The highest BCUT2D eigenvalue weighted by atomic mass is 16.5. The number of carbonyl (C=O) groups is 4. The number of hydrogen-bond acceptors (Lipinski definition) is 6. The second-order valence-corrected chi connectivity index (χ2v) is 6.51. The fourth-order valence-electron chi connectivity index (χ4n) is 2.58. The Balaban J connectivity index is 1.91. The van der Waals surface area contributed by atoms with E-state index in [0.29, 0.717) is 11.3 Å². The predicted octanol–water partition coefficient (Wildman–Crippen LogP) is 0.702. The van der Waals surface area contributed by atoms with E-state index in [1.54, 1.807) is 20.8 Å². The van der Waals surface area contributed by atoms with Crippen molar-refractivity contribution in [3.05, 3.63) is 22.5 Å². The lowest BCUT2D eigenvalue weighted by atomic mass is 10.1. The Kier molecular flexibility index (Phi) is 6.59. The molecule has 148 valence electrons. The number of esters is 2. The van der Waals surface area contributed by atoms with Gasteiger partial charge in [0.1, 0.15) is 5.69 Å². The van der Waals surface area contributed by atoms with E-state index in [-0.39, 0.29) is 36.4 Å². The summed E-state index contributed by atoms with van der Waals surface area (Å²) in [5, 5.41) is 2.78. The number of nitrogens with one attached hydrogen (secondary N) is 2. The summed E-state index contributed by atoms with van der Waals surface area (Å²) < 4.78 is 10.0. The first-order chi connectivity index (χ1) is 12.7. The third-order valence-corrected chi connectivity index (χ3v) is 4.20. The Morgan fingerprint density at radius 1 is 1.15 bits per heavy atom. The number of rotatable bonds is 8. The Bertz CT molecular complexity index is 751. The largest absolute Gasteiger partial charge is 0.462 e. The molecule has 9 nitrogen and oxygen atoms in total. The van der Waals surface area contributed by atoms with Crippen molar-refractivity contribution in [3.63, 3.8) is 0 Å². The summed E-state index contributed by atoms with van der Waals surface area (Å²) in [6.45, 7) is 4.56. The number of H-pyrrole nitrogens is 1. The smallest absolute Gasteiger partial charge is 0.355 e. The molecule has 9 heteroatoms. The molecule has 1 aromatic heterocycles. The van der Waals surface area contributed by atoms with E-state index in [9.17, 15) is 19.2 Å². The maximum absolute atomic E-state index is 12.3. The van der Waals surface area contributed by atoms with Crippen LogP contribution in [0.2, 0.25) is 0 Å². The first kappa shape index (κ1) is 20.5. The first-order valence-electron chi connectivity index (χ1n) is 8.81. The van der Waals surface area contributed by atoms with Crippen LogP contribution < -0.4 is 5.32 Å². The van der Waals surface area contributed by atoms with Crippen LogP contribution in [-0.2, 0) is 19.1 Å². The zero-order chi connectivity index (χ0) is 20.1. The van der Waals surface area contributed by atoms with Gasteiger partial charge in [-0.25, -0.2) is 9.59 Å². The SMILES string of the molecule is CCOC(=O)c1c(C)[nH]c(C(=O)OCC(=O)N(C)CC(=O)NC2CC2)c1C. The van der Waals surface area contributed by atoms with Gasteiger partial charge in [-0.2, -0.15) is 0 Å². The molecule has 0 unspecified atom stereocenters. The van der Waals surface area contributed by atoms with Gasteiger partial charge in [-0.15, -0.1) is 0 Å². The summed E-state index contributed by atoms with van der Waals surface area (Å²) >= 11 is 0. The lowest BCUT2D eigenvalue weighted by Crippen LogP contribution is -2.40. The number of aromatic amines is 1. The molecule has 1 heterocycles. The third kappa shape index (κ3) is 5.32. The monoisotopic (exact) mass is 379 g/mol. The van der Waals surface area contributed by atoms with Crippen LogP contribution in [0.4, 0.5) is 0 Å². The Hall–Kier alpha value is -2.84. The van der Waals surface area contributed by atoms with E-state index in [2.05, 4.69) is 10.3 Å². The Morgan fingerprint density at radius 2 is 1.81 bits per heavy atom. The minimum Gasteiger partial charge on any atom is -0.462 e. The topological polar surface area (TPSA) is 118 Å². The van der Waals surface area contributed by atoms with Crippen molar-refractivity contribution in [2.24, 2.45) is 0 Å². The standard InChI is InChI=1S/C18H25N3O6/c1-5-26-17(24)15-10(2)16(19-11(15)3)18(25)27-9-14(23)21(4)8-13(22)20-12-6-7-12/h12,19H,5-9H2,1-4H3,(H,20,22). The van der Waals surface area contributed by atoms with Gasteiger partial charge in [0.05, 0.1) is 18.7 Å². The van der Waals surface area contributed by atoms with Crippen molar-refractivity contribution in [1.29, 1.82) is 0 Å². The molecule has 0 bridgehead atoms. The van der Waals surface area contributed by atoms with Crippen LogP contribution >= 0.6 is 0 Å². The summed E-state index contributed by atoms with van der Waals surface area (Å²) in [6, 6.07) is 0.214. The molecule has 2 amide bonds. The zero-order valence-corrected chi connectivity index (χ0v) is 16.0. The molecule has 2 rings (SSSR count). The Morgan fingerprint density at radius 3 is 2.41 bits per heavy atom. The summed E-state index contributed by atoms with van der Waals surface area (Å²) in [6.07, 6.45) is 1.92. The molecule has 1 fully saturated rings. The molecule has 0 radical (unpaired) electrons. The number of aryl methyl sites for hydroxylation is 1. The van der Waals surface area contributed by atoms with Crippen LogP contribution in [0.25, 0.3) is 0 Å². The molecule has 0 spiro atoms. The van der Waals surface area contributed by atoms with Crippen molar-refractivity contribution < 1.29 is 28.7 Å². The molecule has 0 aromatic carbocycles. The molecular weight excluding hydrogens is 354 g/mol. The van der Waals surface area contributed by atoms with Crippen LogP contribution in [-0.4, -0.2) is 66.5 Å². The van der Waals surface area contributed by atoms with Gasteiger partial charge in [0.2, 0.25) is 5.91 Å². The average Bonchev–Trinajstić information content (AvgIpc) is 3.35. The molecule has 1 aromatic rings. The van der Waals surface area contributed by atoms with E-state index in [1.807, 2.05) is 0 Å². The highest BCUT2D eigenvalue weighted by Gasteiger charge is 2.26. The van der Waals surface area contributed by atoms with E-state index < -0.39 is 24.5 Å². The van der Waals surface area contributed by atoms with Gasteiger partial charge in [-0.3, -0.25) is 9.59 Å². The van der Waals surface area contributed by atoms with Gasteiger partial charge >= 0.3 is 11.9 Å². The highest BCUT2D eigenvalue weighted by molar-refractivity contribution is 5.99. The zero-order valence-electron chi connectivity index (χ0n) is 16.0. The van der Waals surface area contributed by atoms with Crippen molar-refractivity contribution >= 4 is 23.8 Å².